The van der Waals surface area contributed by atoms with Crippen LogP contribution in [-0.4, -0.2) is 25.9 Å². The minimum absolute atomic E-state index is 0.000611. The van der Waals surface area contributed by atoms with Gasteiger partial charge in [-0.05, 0) is 27.7 Å². The first-order valence-corrected chi connectivity index (χ1v) is 6.77. The van der Waals surface area contributed by atoms with Crippen molar-refractivity contribution >= 4 is 5.97 Å². The molecule has 0 aliphatic rings. The highest BCUT2D eigenvalue weighted by Crippen LogP contribution is 2.34. The lowest BCUT2D eigenvalue weighted by molar-refractivity contribution is -0.145. The molecule has 0 radical (unpaired) electrons. The maximum absolute atomic E-state index is 13.2. The zero-order valence-electron chi connectivity index (χ0n) is 12.9. The first-order valence-electron chi connectivity index (χ1n) is 6.77. The molecular weight excluding hydrogens is 317 g/mol. The first kappa shape index (κ1) is 17.0. The molecule has 0 aliphatic carbocycles. The van der Waals surface area contributed by atoms with E-state index in [1.807, 2.05) is 0 Å². The van der Waals surface area contributed by atoms with E-state index in [2.05, 4.69) is 15.2 Å². The number of nitrogens with zero attached hydrogens (tertiary/aromatic N) is 4. The highest BCUT2D eigenvalue weighted by atomic mass is 19.4. The lowest BCUT2D eigenvalue weighted by atomic mass is 10.2. The fourth-order valence-corrected chi connectivity index (χ4v) is 1.94. The summed E-state index contributed by atoms with van der Waals surface area (Å²) in [4.78, 5) is 15.9. The predicted molar refractivity (Wildman–Crippen MR) is 70.5 cm³/mol. The van der Waals surface area contributed by atoms with E-state index in [1.165, 1.54) is 20.8 Å². The Bertz CT molecular complexity index is 706. The smallest absolute Gasteiger partial charge is 0.433 e. The van der Waals surface area contributed by atoms with Gasteiger partial charge in [0.05, 0.1) is 6.20 Å². The van der Waals surface area contributed by atoms with E-state index >= 15 is 0 Å². The summed E-state index contributed by atoms with van der Waals surface area (Å²) in [5.41, 5.74) is -1.80. The minimum Gasteiger partial charge on any atom is -0.449 e. The average molecular weight is 332 g/mol. The molecule has 0 saturated carbocycles. The summed E-state index contributed by atoms with van der Waals surface area (Å²) in [6.45, 7) is 6.04. The Morgan fingerprint density at radius 3 is 2.48 bits per heavy atom. The van der Waals surface area contributed by atoms with E-state index in [4.69, 9.17) is 9.26 Å². The summed E-state index contributed by atoms with van der Waals surface area (Å²) in [6, 6.07) is -0.566. The highest BCUT2D eigenvalue weighted by molar-refractivity contribution is 5.90. The van der Waals surface area contributed by atoms with Crippen molar-refractivity contribution in [2.24, 2.45) is 0 Å². The van der Waals surface area contributed by atoms with Gasteiger partial charge in [-0.15, -0.1) is 0 Å². The third-order valence-corrected chi connectivity index (χ3v) is 2.95. The second kappa shape index (κ2) is 6.01. The quantitative estimate of drug-likeness (QED) is 0.800. The largest absolute Gasteiger partial charge is 0.449 e. The number of aromatic nitrogens is 4. The number of carbonyl (C=O) groups is 1. The molecule has 0 saturated heterocycles. The SMILES string of the molecule is Cc1noc([C@H](C)OC(=O)c2cnn(C(C)C)c2C(F)(F)F)n1. The van der Waals surface area contributed by atoms with Gasteiger partial charge in [0.2, 0.25) is 0 Å². The second-order valence-corrected chi connectivity index (χ2v) is 5.17. The zero-order chi connectivity index (χ0) is 17.4. The summed E-state index contributed by atoms with van der Waals surface area (Å²) < 4.78 is 50.2. The minimum atomic E-state index is -4.74. The molecule has 0 aliphatic heterocycles. The Labute approximate surface area is 129 Å². The summed E-state index contributed by atoms with van der Waals surface area (Å²) in [5, 5.41) is 7.16. The maximum Gasteiger partial charge on any atom is 0.433 e. The predicted octanol–water partition coefficient (Wildman–Crippen LogP) is 3.09. The fourth-order valence-electron chi connectivity index (χ4n) is 1.94. The topological polar surface area (TPSA) is 83.0 Å². The maximum atomic E-state index is 13.2. The van der Waals surface area contributed by atoms with Crippen molar-refractivity contribution < 1.29 is 27.2 Å². The van der Waals surface area contributed by atoms with Gasteiger partial charge in [0, 0.05) is 6.04 Å². The van der Waals surface area contributed by atoms with Crippen LogP contribution in [0.25, 0.3) is 0 Å². The summed E-state index contributed by atoms with van der Waals surface area (Å²) in [5.74, 6) is -0.834. The number of alkyl halides is 3. The molecule has 0 bridgehead atoms. The Balaban J connectivity index is 2.29. The summed E-state index contributed by atoms with van der Waals surface area (Å²) in [6.07, 6.45) is -4.87. The molecular formula is C13H15F3N4O3. The molecule has 0 aromatic carbocycles. The molecule has 0 unspecified atom stereocenters. The van der Waals surface area contributed by atoms with Crippen LogP contribution in [0, 0.1) is 6.92 Å². The van der Waals surface area contributed by atoms with Crippen LogP contribution in [0.5, 0.6) is 0 Å². The van der Waals surface area contributed by atoms with E-state index in [-0.39, 0.29) is 5.89 Å². The average Bonchev–Trinajstić information content (AvgIpc) is 3.03. The normalized spacial score (nSPS) is 13.4. The van der Waals surface area contributed by atoms with E-state index in [9.17, 15) is 18.0 Å². The number of aryl methyl sites for hydroxylation is 1. The Morgan fingerprint density at radius 2 is 2.00 bits per heavy atom. The van der Waals surface area contributed by atoms with Crippen molar-refractivity contribution in [2.45, 2.75) is 46.0 Å². The number of hydrogen-bond acceptors (Lipinski definition) is 6. The van der Waals surface area contributed by atoms with Gasteiger partial charge in [0.1, 0.15) is 5.56 Å². The molecule has 1 atom stereocenters. The number of carbonyl (C=O) groups excluding carboxylic acids is 1. The van der Waals surface area contributed by atoms with Gasteiger partial charge in [-0.2, -0.15) is 23.3 Å². The summed E-state index contributed by atoms with van der Waals surface area (Å²) in [7, 11) is 0. The fraction of sp³-hybridized carbons (Fsp3) is 0.538. The molecule has 2 heterocycles. The number of halogens is 3. The van der Waals surface area contributed by atoms with Crippen molar-refractivity contribution in [1.29, 1.82) is 0 Å². The van der Waals surface area contributed by atoms with E-state index in [0.29, 0.717) is 5.82 Å². The zero-order valence-corrected chi connectivity index (χ0v) is 12.9. The van der Waals surface area contributed by atoms with Crippen LogP contribution < -0.4 is 0 Å². The van der Waals surface area contributed by atoms with E-state index in [1.54, 1.807) is 6.92 Å². The Kier molecular flexibility index (Phi) is 4.44. The lowest BCUT2D eigenvalue weighted by Crippen LogP contribution is -2.21. The molecule has 23 heavy (non-hydrogen) atoms. The van der Waals surface area contributed by atoms with Crippen LogP contribution >= 0.6 is 0 Å². The van der Waals surface area contributed by atoms with Gasteiger partial charge in [0.15, 0.2) is 17.6 Å². The standard InChI is InChI=1S/C13H15F3N4O3/c1-6(2)20-10(13(14,15)16)9(5-17-20)12(21)22-7(3)11-18-8(4)19-23-11/h5-7H,1-4H3/t7-/m0/s1. The summed E-state index contributed by atoms with van der Waals surface area (Å²) >= 11 is 0. The van der Waals surface area contributed by atoms with Crippen LogP contribution in [0.4, 0.5) is 13.2 Å². The third-order valence-electron chi connectivity index (χ3n) is 2.95. The van der Waals surface area contributed by atoms with Gasteiger partial charge in [-0.3, -0.25) is 4.68 Å². The highest BCUT2D eigenvalue weighted by Gasteiger charge is 2.41. The van der Waals surface area contributed by atoms with Crippen molar-refractivity contribution in [3.63, 3.8) is 0 Å². The van der Waals surface area contributed by atoms with E-state index in [0.717, 1.165) is 10.9 Å². The number of rotatable bonds is 4. The van der Waals surface area contributed by atoms with Crippen LogP contribution in [0.1, 0.15) is 60.7 Å². The monoisotopic (exact) mass is 332 g/mol. The van der Waals surface area contributed by atoms with Gasteiger partial charge >= 0.3 is 12.1 Å². The lowest BCUT2D eigenvalue weighted by Gasteiger charge is -2.15. The van der Waals surface area contributed by atoms with Crippen molar-refractivity contribution in [2.75, 3.05) is 0 Å². The number of ether oxygens (including phenoxy) is 1. The van der Waals surface area contributed by atoms with Gasteiger partial charge < -0.3 is 9.26 Å². The molecule has 0 spiro atoms. The van der Waals surface area contributed by atoms with Crippen LogP contribution in [0.3, 0.4) is 0 Å². The molecule has 0 fully saturated rings. The van der Waals surface area contributed by atoms with Crippen LogP contribution in [-0.2, 0) is 10.9 Å². The molecule has 7 nitrogen and oxygen atoms in total. The van der Waals surface area contributed by atoms with Crippen molar-refractivity contribution in [3.8, 4) is 0 Å². The second-order valence-electron chi connectivity index (χ2n) is 5.17. The molecule has 2 aromatic heterocycles. The molecule has 10 heteroatoms. The molecule has 0 amide bonds. The molecule has 126 valence electrons. The number of esters is 1. The van der Waals surface area contributed by atoms with Gasteiger partial charge in [0.25, 0.3) is 5.89 Å². The number of hydrogen-bond donors (Lipinski definition) is 0. The van der Waals surface area contributed by atoms with Crippen LogP contribution in [0.15, 0.2) is 10.7 Å². The molecule has 0 N–H and O–H groups in total. The Morgan fingerprint density at radius 1 is 1.35 bits per heavy atom. The molecule has 2 rings (SSSR count). The van der Waals surface area contributed by atoms with E-state index < -0.39 is 35.5 Å². The Hall–Kier alpha value is -2.39. The van der Waals surface area contributed by atoms with Gasteiger partial charge in [-0.1, -0.05) is 5.16 Å². The van der Waals surface area contributed by atoms with Crippen LogP contribution in [0.2, 0.25) is 0 Å². The van der Waals surface area contributed by atoms with Crippen molar-refractivity contribution in [3.05, 3.63) is 29.2 Å². The van der Waals surface area contributed by atoms with Gasteiger partial charge in [-0.25, -0.2) is 4.79 Å². The third kappa shape index (κ3) is 3.51. The molecule has 2 aromatic rings. The van der Waals surface area contributed by atoms with Crippen molar-refractivity contribution in [1.82, 2.24) is 19.9 Å². The first-order chi connectivity index (χ1) is 10.6.